The van der Waals surface area contributed by atoms with Crippen LogP contribution in [0.5, 0.6) is 0 Å². The second-order valence-corrected chi connectivity index (χ2v) is 5.74. The monoisotopic (exact) mass is 296 g/mol. The summed E-state index contributed by atoms with van der Waals surface area (Å²) < 4.78 is 1.24. The molecule has 2 nitrogen and oxygen atoms in total. The molecular formula is C14H21BrN2. The van der Waals surface area contributed by atoms with Crippen molar-refractivity contribution in [3.05, 3.63) is 27.7 Å². The highest BCUT2D eigenvalue weighted by Crippen LogP contribution is 2.28. The maximum atomic E-state index is 3.63. The molecule has 1 N–H and O–H groups in total. The van der Waals surface area contributed by atoms with E-state index in [9.17, 15) is 0 Å². The van der Waals surface area contributed by atoms with Crippen LogP contribution in [-0.4, -0.2) is 26.2 Å². The van der Waals surface area contributed by atoms with E-state index in [1.165, 1.54) is 34.1 Å². The van der Waals surface area contributed by atoms with E-state index in [1.807, 2.05) is 0 Å². The third-order valence-corrected chi connectivity index (χ3v) is 4.94. The van der Waals surface area contributed by atoms with Crippen LogP contribution in [0.3, 0.4) is 0 Å². The Morgan fingerprint density at radius 3 is 2.18 bits per heavy atom. The van der Waals surface area contributed by atoms with Crippen molar-refractivity contribution in [1.82, 2.24) is 5.32 Å². The van der Waals surface area contributed by atoms with Gasteiger partial charge in [0, 0.05) is 29.3 Å². The average molecular weight is 297 g/mol. The van der Waals surface area contributed by atoms with Gasteiger partial charge in [-0.1, -0.05) is 15.9 Å². The standard InChI is InChI=1S/C14H21BrN2/c1-10-8-13(9-11(2)14(10)15)17-6-4-12(16-3)5-7-17/h8-9,12,16H,4-7H2,1-3H3. The number of anilines is 1. The number of hydrogen-bond donors (Lipinski definition) is 1. The van der Waals surface area contributed by atoms with E-state index < -0.39 is 0 Å². The molecule has 0 radical (unpaired) electrons. The normalized spacial score (nSPS) is 17.5. The van der Waals surface area contributed by atoms with Crippen molar-refractivity contribution in [3.8, 4) is 0 Å². The number of halogens is 1. The first kappa shape index (κ1) is 12.9. The number of aryl methyl sites for hydroxylation is 2. The first-order valence-electron chi connectivity index (χ1n) is 6.30. The number of nitrogens with one attached hydrogen (secondary N) is 1. The Kier molecular flexibility index (Phi) is 4.10. The maximum absolute atomic E-state index is 3.63. The molecule has 0 aliphatic carbocycles. The molecule has 1 aromatic carbocycles. The van der Waals surface area contributed by atoms with Gasteiger partial charge in [0.05, 0.1) is 0 Å². The molecule has 1 aromatic rings. The third kappa shape index (κ3) is 2.83. The van der Waals surface area contributed by atoms with Gasteiger partial charge in [-0.05, 0) is 57.0 Å². The molecule has 1 saturated heterocycles. The van der Waals surface area contributed by atoms with E-state index in [0.717, 1.165) is 13.1 Å². The Morgan fingerprint density at radius 2 is 1.71 bits per heavy atom. The fourth-order valence-electron chi connectivity index (χ4n) is 2.53. The van der Waals surface area contributed by atoms with Gasteiger partial charge in [-0.25, -0.2) is 0 Å². The van der Waals surface area contributed by atoms with Gasteiger partial charge in [0.25, 0.3) is 0 Å². The van der Waals surface area contributed by atoms with Crippen LogP contribution in [0.15, 0.2) is 16.6 Å². The summed E-state index contributed by atoms with van der Waals surface area (Å²) in [7, 11) is 2.06. The average Bonchev–Trinajstić information content (AvgIpc) is 2.35. The summed E-state index contributed by atoms with van der Waals surface area (Å²) in [5, 5.41) is 3.37. The number of rotatable bonds is 2. The Hall–Kier alpha value is -0.540. The fraction of sp³-hybridized carbons (Fsp3) is 0.571. The zero-order chi connectivity index (χ0) is 12.4. The largest absolute Gasteiger partial charge is 0.371 e. The van der Waals surface area contributed by atoms with Gasteiger partial charge >= 0.3 is 0 Å². The van der Waals surface area contributed by atoms with E-state index in [2.05, 4.69) is 59.2 Å². The van der Waals surface area contributed by atoms with Crippen LogP contribution in [0.4, 0.5) is 5.69 Å². The van der Waals surface area contributed by atoms with Crippen LogP contribution in [0.2, 0.25) is 0 Å². The molecule has 0 bridgehead atoms. The van der Waals surface area contributed by atoms with E-state index in [0.29, 0.717) is 6.04 Å². The first-order chi connectivity index (χ1) is 8.11. The molecule has 0 aromatic heterocycles. The summed E-state index contributed by atoms with van der Waals surface area (Å²) in [6.45, 7) is 6.65. The molecule has 1 aliphatic rings. The number of hydrogen-bond acceptors (Lipinski definition) is 2. The molecule has 1 heterocycles. The van der Waals surface area contributed by atoms with Gasteiger partial charge in [0.15, 0.2) is 0 Å². The summed E-state index contributed by atoms with van der Waals surface area (Å²) >= 11 is 3.63. The van der Waals surface area contributed by atoms with Gasteiger partial charge in [-0.15, -0.1) is 0 Å². The summed E-state index contributed by atoms with van der Waals surface area (Å²) in [4.78, 5) is 2.50. The number of nitrogens with zero attached hydrogens (tertiary/aromatic N) is 1. The van der Waals surface area contributed by atoms with Crippen LogP contribution in [0, 0.1) is 13.8 Å². The smallest absolute Gasteiger partial charge is 0.0372 e. The highest BCUT2D eigenvalue weighted by Gasteiger charge is 2.18. The van der Waals surface area contributed by atoms with Crippen molar-refractivity contribution < 1.29 is 0 Å². The lowest BCUT2D eigenvalue weighted by atomic mass is 10.0. The van der Waals surface area contributed by atoms with Gasteiger partial charge in [-0.2, -0.15) is 0 Å². The van der Waals surface area contributed by atoms with Crippen LogP contribution < -0.4 is 10.2 Å². The van der Waals surface area contributed by atoms with Crippen LogP contribution in [0.25, 0.3) is 0 Å². The molecule has 17 heavy (non-hydrogen) atoms. The molecule has 0 saturated carbocycles. The molecule has 3 heteroatoms. The number of piperidine rings is 1. The lowest BCUT2D eigenvalue weighted by Gasteiger charge is -2.34. The molecule has 1 fully saturated rings. The van der Waals surface area contributed by atoms with Gasteiger partial charge in [0.2, 0.25) is 0 Å². The minimum atomic E-state index is 0.698. The van der Waals surface area contributed by atoms with Gasteiger partial charge in [0.1, 0.15) is 0 Å². The second kappa shape index (κ2) is 5.40. The Balaban J connectivity index is 2.13. The lowest BCUT2D eigenvalue weighted by Crippen LogP contribution is -2.41. The van der Waals surface area contributed by atoms with Crippen LogP contribution in [0.1, 0.15) is 24.0 Å². The SMILES string of the molecule is CNC1CCN(c2cc(C)c(Br)c(C)c2)CC1. The van der Waals surface area contributed by atoms with Gasteiger partial charge in [-0.3, -0.25) is 0 Å². The maximum Gasteiger partial charge on any atom is 0.0372 e. The van der Waals surface area contributed by atoms with E-state index in [4.69, 9.17) is 0 Å². The molecule has 0 atom stereocenters. The van der Waals surface area contributed by atoms with Crippen molar-refractivity contribution in [2.75, 3.05) is 25.0 Å². The molecule has 0 spiro atoms. The summed E-state index contributed by atoms with van der Waals surface area (Å²) in [6, 6.07) is 5.28. The first-order valence-corrected chi connectivity index (χ1v) is 7.10. The summed E-state index contributed by atoms with van der Waals surface area (Å²) in [5.74, 6) is 0. The molecule has 0 amide bonds. The summed E-state index contributed by atoms with van der Waals surface area (Å²) in [5.41, 5.74) is 4.03. The van der Waals surface area contributed by atoms with Crippen molar-refractivity contribution in [1.29, 1.82) is 0 Å². The third-order valence-electron chi connectivity index (χ3n) is 3.69. The summed E-state index contributed by atoms with van der Waals surface area (Å²) in [6.07, 6.45) is 2.48. The zero-order valence-corrected chi connectivity index (χ0v) is 12.5. The van der Waals surface area contributed by atoms with Crippen molar-refractivity contribution in [2.24, 2.45) is 0 Å². The Morgan fingerprint density at radius 1 is 1.18 bits per heavy atom. The second-order valence-electron chi connectivity index (χ2n) is 4.94. The highest BCUT2D eigenvalue weighted by atomic mass is 79.9. The minimum Gasteiger partial charge on any atom is -0.371 e. The predicted octanol–water partition coefficient (Wildman–Crippen LogP) is 3.25. The van der Waals surface area contributed by atoms with Crippen LogP contribution in [-0.2, 0) is 0 Å². The van der Waals surface area contributed by atoms with Crippen molar-refractivity contribution in [3.63, 3.8) is 0 Å². The number of benzene rings is 1. The van der Waals surface area contributed by atoms with E-state index >= 15 is 0 Å². The highest BCUT2D eigenvalue weighted by molar-refractivity contribution is 9.10. The van der Waals surface area contributed by atoms with Crippen molar-refractivity contribution >= 4 is 21.6 Å². The molecule has 94 valence electrons. The predicted molar refractivity (Wildman–Crippen MR) is 77.9 cm³/mol. The topological polar surface area (TPSA) is 15.3 Å². The minimum absolute atomic E-state index is 0.698. The molecule has 2 rings (SSSR count). The van der Waals surface area contributed by atoms with E-state index in [1.54, 1.807) is 0 Å². The quantitative estimate of drug-likeness (QED) is 0.901. The molecular weight excluding hydrogens is 276 g/mol. The Labute approximate surface area is 113 Å². The van der Waals surface area contributed by atoms with Crippen molar-refractivity contribution in [2.45, 2.75) is 32.7 Å². The van der Waals surface area contributed by atoms with Gasteiger partial charge < -0.3 is 10.2 Å². The van der Waals surface area contributed by atoms with E-state index in [-0.39, 0.29) is 0 Å². The fourth-order valence-corrected chi connectivity index (χ4v) is 2.76. The molecule has 0 unspecified atom stereocenters. The molecule has 1 aliphatic heterocycles. The zero-order valence-electron chi connectivity index (χ0n) is 10.9. The Bertz CT molecular complexity index is 372. The van der Waals surface area contributed by atoms with Crippen LogP contribution >= 0.6 is 15.9 Å². The lowest BCUT2D eigenvalue weighted by molar-refractivity contribution is 0.442.